The summed E-state index contributed by atoms with van der Waals surface area (Å²) in [5.41, 5.74) is 6.37. The Hall–Kier alpha value is -1.92. The molecule has 1 heterocycles. The monoisotopic (exact) mass is 220 g/mol. The van der Waals surface area contributed by atoms with Crippen molar-refractivity contribution in [2.45, 2.75) is 6.04 Å². The Labute approximate surface area is 92.1 Å². The smallest absolute Gasteiger partial charge is 0.320 e. The Morgan fingerprint density at radius 2 is 2.06 bits per heavy atom. The van der Waals surface area contributed by atoms with Gasteiger partial charge in [-0.25, -0.2) is 0 Å². The quantitative estimate of drug-likeness (QED) is 0.705. The van der Waals surface area contributed by atoms with Gasteiger partial charge in [-0.1, -0.05) is 23.3 Å². The first-order valence-electron chi connectivity index (χ1n) is 4.81. The maximum Gasteiger partial charge on any atom is 0.320 e. The highest BCUT2D eigenvalue weighted by Crippen LogP contribution is 2.16. The van der Waals surface area contributed by atoms with Crippen molar-refractivity contribution in [1.29, 1.82) is 0 Å². The van der Waals surface area contributed by atoms with E-state index in [1.54, 1.807) is 0 Å². The molecule has 0 fully saturated rings. The van der Waals surface area contributed by atoms with Gasteiger partial charge in [0, 0.05) is 5.69 Å². The lowest BCUT2D eigenvalue weighted by atomic mass is 10.3. The third kappa shape index (κ3) is 2.36. The van der Waals surface area contributed by atoms with E-state index < -0.39 is 6.04 Å². The van der Waals surface area contributed by atoms with Crippen LogP contribution in [0.2, 0.25) is 0 Å². The molecule has 1 unspecified atom stereocenters. The van der Waals surface area contributed by atoms with Gasteiger partial charge in [-0.3, -0.25) is 0 Å². The number of aliphatic hydroxyl groups excluding tert-OH is 1. The third-order valence-corrected chi connectivity index (χ3v) is 1.98. The highest BCUT2D eigenvalue weighted by atomic mass is 16.4. The van der Waals surface area contributed by atoms with Crippen LogP contribution in [0.1, 0.15) is 11.9 Å². The van der Waals surface area contributed by atoms with E-state index in [0.29, 0.717) is 0 Å². The van der Waals surface area contributed by atoms with E-state index in [0.717, 1.165) is 5.69 Å². The molecule has 0 saturated heterocycles. The van der Waals surface area contributed by atoms with Crippen LogP contribution in [0.4, 0.5) is 11.7 Å². The van der Waals surface area contributed by atoms with Crippen molar-refractivity contribution in [3.63, 3.8) is 0 Å². The highest BCUT2D eigenvalue weighted by molar-refractivity contribution is 5.50. The van der Waals surface area contributed by atoms with E-state index in [2.05, 4.69) is 15.5 Å². The van der Waals surface area contributed by atoms with Crippen LogP contribution in [-0.4, -0.2) is 21.9 Å². The van der Waals surface area contributed by atoms with Gasteiger partial charge >= 0.3 is 6.01 Å². The number of aromatic nitrogens is 2. The predicted molar refractivity (Wildman–Crippen MR) is 58.0 cm³/mol. The molecular weight excluding hydrogens is 208 g/mol. The minimum atomic E-state index is -0.640. The molecule has 6 heteroatoms. The standard InChI is InChI=1S/C10H12N4O2/c11-8(6-15)9-13-14-10(16-9)12-7-4-2-1-3-5-7/h1-5,8,15H,6,11H2,(H,12,14). The number of nitrogens with one attached hydrogen (secondary N) is 1. The summed E-state index contributed by atoms with van der Waals surface area (Å²) in [5.74, 6) is 0.209. The van der Waals surface area contributed by atoms with Crippen LogP contribution in [-0.2, 0) is 0 Å². The molecule has 0 radical (unpaired) electrons. The second-order valence-corrected chi connectivity index (χ2v) is 3.23. The van der Waals surface area contributed by atoms with Crippen molar-refractivity contribution in [2.24, 2.45) is 5.73 Å². The lowest BCUT2D eigenvalue weighted by Gasteiger charge is -2.01. The molecule has 0 aliphatic heterocycles. The molecule has 1 aromatic carbocycles. The van der Waals surface area contributed by atoms with Gasteiger partial charge in [0.05, 0.1) is 6.61 Å². The summed E-state index contributed by atoms with van der Waals surface area (Å²) in [4.78, 5) is 0. The van der Waals surface area contributed by atoms with Crippen LogP contribution in [0, 0.1) is 0 Å². The van der Waals surface area contributed by atoms with Gasteiger partial charge < -0.3 is 20.6 Å². The zero-order valence-corrected chi connectivity index (χ0v) is 8.50. The number of nitrogens with two attached hydrogens (primary N) is 1. The zero-order chi connectivity index (χ0) is 11.4. The van der Waals surface area contributed by atoms with Gasteiger partial charge in [-0.2, -0.15) is 0 Å². The first-order valence-corrected chi connectivity index (χ1v) is 4.81. The number of para-hydroxylation sites is 1. The molecule has 4 N–H and O–H groups in total. The number of rotatable bonds is 4. The van der Waals surface area contributed by atoms with Crippen LogP contribution < -0.4 is 11.1 Å². The van der Waals surface area contributed by atoms with E-state index >= 15 is 0 Å². The Balaban J connectivity index is 2.09. The number of hydrogen-bond acceptors (Lipinski definition) is 6. The maximum atomic E-state index is 8.81. The van der Waals surface area contributed by atoms with Gasteiger partial charge in [0.2, 0.25) is 5.89 Å². The van der Waals surface area contributed by atoms with Crippen molar-refractivity contribution < 1.29 is 9.52 Å². The van der Waals surface area contributed by atoms with E-state index in [9.17, 15) is 0 Å². The summed E-state index contributed by atoms with van der Waals surface area (Å²) in [5, 5.41) is 19.2. The van der Waals surface area contributed by atoms with E-state index in [-0.39, 0.29) is 18.5 Å². The highest BCUT2D eigenvalue weighted by Gasteiger charge is 2.13. The normalized spacial score (nSPS) is 12.4. The first-order chi connectivity index (χ1) is 7.79. The molecular formula is C10H12N4O2. The summed E-state index contributed by atoms with van der Waals surface area (Å²) in [6.45, 7) is -0.229. The minimum absolute atomic E-state index is 0.209. The molecule has 0 saturated carbocycles. The third-order valence-electron chi connectivity index (χ3n) is 1.98. The second kappa shape index (κ2) is 4.73. The fourth-order valence-corrected chi connectivity index (χ4v) is 1.16. The summed E-state index contributed by atoms with van der Waals surface area (Å²) >= 11 is 0. The molecule has 1 aromatic heterocycles. The topological polar surface area (TPSA) is 97.2 Å². The first kappa shape index (κ1) is 10.6. The number of aliphatic hydroxyl groups is 1. The van der Waals surface area contributed by atoms with Gasteiger partial charge in [0.25, 0.3) is 0 Å². The summed E-state index contributed by atoms with van der Waals surface area (Å²) in [7, 11) is 0. The van der Waals surface area contributed by atoms with Crippen molar-refractivity contribution in [3.05, 3.63) is 36.2 Å². The number of hydrogen-bond donors (Lipinski definition) is 3. The van der Waals surface area contributed by atoms with Crippen molar-refractivity contribution in [1.82, 2.24) is 10.2 Å². The Bertz CT molecular complexity index is 443. The number of anilines is 2. The number of nitrogens with zero attached hydrogens (tertiary/aromatic N) is 2. The molecule has 6 nitrogen and oxygen atoms in total. The minimum Gasteiger partial charge on any atom is -0.406 e. The summed E-state index contributed by atoms with van der Waals surface area (Å²) in [6.07, 6.45) is 0. The molecule has 0 bridgehead atoms. The molecule has 0 spiro atoms. The van der Waals surface area contributed by atoms with E-state index in [4.69, 9.17) is 15.3 Å². The molecule has 1 atom stereocenters. The van der Waals surface area contributed by atoms with Crippen molar-refractivity contribution in [2.75, 3.05) is 11.9 Å². The van der Waals surface area contributed by atoms with Crippen molar-refractivity contribution >= 4 is 11.7 Å². The van der Waals surface area contributed by atoms with Crippen LogP contribution in [0.3, 0.4) is 0 Å². The van der Waals surface area contributed by atoms with Crippen LogP contribution in [0.5, 0.6) is 0 Å². The average Bonchev–Trinajstić information content (AvgIpc) is 2.78. The molecule has 0 amide bonds. The molecule has 84 valence electrons. The fraction of sp³-hybridized carbons (Fsp3) is 0.200. The zero-order valence-electron chi connectivity index (χ0n) is 8.50. The molecule has 16 heavy (non-hydrogen) atoms. The van der Waals surface area contributed by atoms with Gasteiger partial charge in [-0.05, 0) is 12.1 Å². The van der Waals surface area contributed by atoms with Gasteiger partial charge in [-0.15, -0.1) is 5.10 Å². The molecule has 0 aliphatic carbocycles. The van der Waals surface area contributed by atoms with E-state index in [1.165, 1.54) is 0 Å². The van der Waals surface area contributed by atoms with Gasteiger partial charge in [0.15, 0.2) is 0 Å². The SMILES string of the molecule is NC(CO)c1nnc(Nc2ccccc2)o1. The largest absolute Gasteiger partial charge is 0.406 e. The lowest BCUT2D eigenvalue weighted by molar-refractivity contribution is 0.249. The fourth-order valence-electron chi connectivity index (χ4n) is 1.16. The van der Waals surface area contributed by atoms with Crippen LogP contribution >= 0.6 is 0 Å². The van der Waals surface area contributed by atoms with Gasteiger partial charge in [0.1, 0.15) is 6.04 Å². The second-order valence-electron chi connectivity index (χ2n) is 3.23. The number of benzene rings is 1. The lowest BCUT2D eigenvalue weighted by Crippen LogP contribution is -2.14. The van der Waals surface area contributed by atoms with Crippen LogP contribution in [0.25, 0.3) is 0 Å². The Kier molecular flexibility index (Phi) is 3.13. The van der Waals surface area contributed by atoms with E-state index in [1.807, 2.05) is 30.3 Å². The summed E-state index contributed by atoms with van der Waals surface area (Å²) in [6, 6.07) is 9.04. The predicted octanol–water partition coefficient (Wildman–Crippen LogP) is 0.805. The maximum absolute atomic E-state index is 8.81. The van der Waals surface area contributed by atoms with Crippen LogP contribution in [0.15, 0.2) is 34.7 Å². The summed E-state index contributed by atoms with van der Waals surface area (Å²) < 4.78 is 5.22. The molecule has 0 aliphatic rings. The molecule has 2 rings (SSSR count). The Morgan fingerprint density at radius 1 is 1.31 bits per heavy atom. The Morgan fingerprint density at radius 3 is 2.75 bits per heavy atom. The van der Waals surface area contributed by atoms with Crippen molar-refractivity contribution in [3.8, 4) is 0 Å². The average molecular weight is 220 g/mol. The molecule has 2 aromatic rings.